The average molecular weight is 569 g/mol. The number of aryl methyl sites for hydroxylation is 1. The Morgan fingerprint density at radius 2 is 1.90 bits per heavy atom. The third-order valence-electron chi connectivity index (χ3n) is 5.93. The van der Waals surface area contributed by atoms with E-state index in [9.17, 15) is 27.7 Å². The van der Waals surface area contributed by atoms with Gasteiger partial charge < -0.3 is 9.73 Å². The maximum absolute atomic E-state index is 14.1. The fourth-order valence-electron chi connectivity index (χ4n) is 4.20. The van der Waals surface area contributed by atoms with Gasteiger partial charge in [-0.3, -0.25) is 9.59 Å². The number of pyridine rings is 1. The molecule has 0 unspecified atom stereocenters. The summed E-state index contributed by atoms with van der Waals surface area (Å²) < 4.78 is 45.4. The molecule has 1 atom stereocenters. The second kappa shape index (κ2) is 10.5. The Kier molecular flexibility index (Phi) is 7.46. The van der Waals surface area contributed by atoms with Gasteiger partial charge in [0.05, 0.1) is 35.0 Å². The van der Waals surface area contributed by atoms with E-state index in [2.05, 4.69) is 10.3 Å². The van der Waals surface area contributed by atoms with Crippen LogP contribution < -0.4 is 15.5 Å². The number of halogens is 2. The van der Waals surface area contributed by atoms with Crippen LogP contribution in [0, 0.1) is 31.0 Å². The fraction of sp³-hybridized carbons (Fsp3) is 0.185. The summed E-state index contributed by atoms with van der Waals surface area (Å²) in [5, 5.41) is 12.9. The average Bonchev–Trinajstić information content (AvgIpc) is 2.86. The number of amides is 1. The van der Waals surface area contributed by atoms with Gasteiger partial charge in [0, 0.05) is 16.7 Å². The lowest BCUT2D eigenvalue weighted by Gasteiger charge is -2.20. The lowest BCUT2D eigenvalue weighted by atomic mass is 9.97. The number of nitriles is 1. The SMILES string of the molecule is Cc1cc([C@@H](C)Nc2ccc(Cl)nc2C(=O)NS(C)(=O)=O)c2oc(-c3cc(F)ccc3C#N)c(C)c(=O)c2c1. The molecule has 0 aliphatic rings. The van der Waals surface area contributed by atoms with Gasteiger partial charge in [0.15, 0.2) is 11.1 Å². The van der Waals surface area contributed by atoms with Crippen LogP contribution in [0.4, 0.5) is 10.1 Å². The Balaban J connectivity index is 1.89. The number of nitrogens with zero attached hydrogens (tertiary/aromatic N) is 2. The minimum absolute atomic E-state index is 0.0256. The highest BCUT2D eigenvalue weighted by Gasteiger charge is 2.23. The van der Waals surface area contributed by atoms with E-state index in [0.29, 0.717) is 5.56 Å². The number of benzene rings is 2. The number of hydrogen-bond donors (Lipinski definition) is 2. The predicted octanol–water partition coefficient (Wildman–Crippen LogP) is 5.00. The topological polar surface area (TPSA) is 142 Å². The van der Waals surface area contributed by atoms with Gasteiger partial charge in [-0.15, -0.1) is 0 Å². The van der Waals surface area contributed by atoms with Gasteiger partial charge in [-0.1, -0.05) is 17.7 Å². The molecule has 2 N–H and O–H groups in total. The summed E-state index contributed by atoms with van der Waals surface area (Å²) in [6.07, 6.45) is 0.835. The molecule has 2 heterocycles. The molecule has 0 saturated carbocycles. The molecule has 4 rings (SSSR count). The highest BCUT2D eigenvalue weighted by Crippen LogP contribution is 2.34. The van der Waals surface area contributed by atoms with Crippen LogP contribution in [0.1, 0.15) is 45.7 Å². The van der Waals surface area contributed by atoms with E-state index in [-0.39, 0.29) is 55.4 Å². The molecule has 12 heteroatoms. The van der Waals surface area contributed by atoms with Crippen molar-refractivity contribution in [2.75, 3.05) is 11.6 Å². The standard InChI is InChI=1S/C27H22ClFN4O5S/c1-13-9-18(15(3)31-21-7-8-22(28)32-23(21)27(35)33-39(4,36)37)26-20(10-13)24(34)14(2)25(38-26)19-11-17(29)6-5-16(19)12-30/h5-11,15,31H,1-4H3,(H,33,35)/t15-/m1/s1. The Morgan fingerprint density at radius 1 is 1.18 bits per heavy atom. The van der Waals surface area contributed by atoms with Gasteiger partial charge in [0.25, 0.3) is 5.91 Å². The zero-order valence-corrected chi connectivity index (χ0v) is 22.8. The van der Waals surface area contributed by atoms with E-state index >= 15 is 0 Å². The molecule has 0 aliphatic carbocycles. The molecule has 9 nitrogen and oxygen atoms in total. The normalized spacial score (nSPS) is 12.1. The van der Waals surface area contributed by atoms with Crippen molar-refractivity contribution in [1.82, 2.24) is 9.71 Å². The van der Waals surface area contributed by atoms with Crippen molar-refractivity contribution in [2.45, 2.75) is 26.8 Å². The summed E-state index contributed by atoms with van der Waals surface area (Å²) in [6.45, 7) is 5.08. The van der Waals surface area contributed by atoms with Crippen molar-refractivity contribution in [3.8, 4) is 17.4 Å². The number of hydrogen-bond acceptors (Lipinski definition) is 8. The minimum atomic E-state index is -3.87. The first-order valence-corrected chi connectivity index (χ1v) is 13.8. The molecule has 2 aromatic heterocycles. The maximum atomic E-state index is 14.1. The zero-order valence-electron chi connectivity index (χ0n) is 21.2. The van der Waals surface area contributed by atoms with E-state index in [1.54, 1.807) is 32.9 Å². The number of nitrogens with one attached hydrogen (secondary N) is 2. The largest absolute Gasteiger partial charge is 0.455 e. The molecule has 0 bridgehead atoms. The molecule has 2 aromatic carbocycles. The molecule has 0 fully saturated rings. The second-order valence-electron chi connectivity index (χ2n) is 9.02. The van der Waals surface area contributed by atoms with Crippen LogP contribution in [0.3, 0.4) is 0 Å². The summed E-state index contributed by atoms with van der Waals surface area (Å²) in [5.74, 6) is -1.52. The number of carbonyl (C=O) groups excluding carboxylic acids is 1. The van der Waals surface area contributed by atoms with Crippen molar-refractivity contribution in [1.29, 1.82) is 5.26 Å². The monoisotopic (exact) mass is 568 g/mol. The Morgan fingerprint density at radius 3 is 2.56 bits per heavy atom. The summed E-state index contributed by atoms with van der Waals surface area (Å²) in [6, 6.07) is 11.3. The summed E-state index contributed by atoms with van der Waals surface area (Å²) in [4.78, 5) is 30.0. The predicted molar refractivity (Wildman–Crippen MR) is 146 cm³/mol. The van der Waals surface area contributed by atoms with Crippen LogP contribution in [0.25, 0.3) is 22.3 Å². The first kappa shape index (κ1) is 27.8. The molecule has 0 radical (unpaired) electrons. The van der Waals surface area contributed by atoms with Crippen molar-refractivity contribution in [3.05, 3.63) is 91.6 Å². The Bertz CT molecular complexity index is 1870. The highest BCUT2D eigenvalue weighted by molar-refractivity contribution is 7.89. The van der Waals surface area contributed by atoms with E-state index in [1.165, 1.54) is 18.2 Å². The van der Waals surface area contributed by atoms with E-state index in [4.69, 9.17) is 16.0 Å². The first-order chi connectivity index (χ1) is 18.3. The molecule has 200 valence electrons. The van der Waals surface area contributed by atoms with Crippen LogP contribution in [-0.4, -0.2) is 25.6 Å². The molecule has 4 aromatic rings. The van der Waals surface area contributed by atoms with Crippen molar-refractivity contribution in [3.63, 3.8) is 0 Å². The van der Waals surface area contributed by atoms with E-state index in [0.717, 1.165) is 24.0 Å². The van der Waals surface area contributed by atoms with E-state index < -0.39 is 27.8 Å². The maximum Gasteiger partial charge on any atom is 0.285 e. The number of carbonyl (C=O) groups is 1. The summed E-state index contributed by atoms with van der Waals surface area (Å²) >= 11 is 5.96. The Hall–Kier alpha value is -4.27. The highest BCUT2D eigenvalue weighted by atomic mass is 35.5. The minimum Gasteiger partial charge on any atom is -0.455 e. The first-order valence-electron chi connectivity index (χ1n) is 11.5. The van der Waals surface area contributed by atoms with Crippen LogP contribution in [0.5, 0.6) is 0 Å². The molecular formula is C27H22ClFN4O5S. The van der Waals surface area contributed by atoms with Crippen LogP contribution in [0.15, 0.2) is 51.7 Å². The van der Waals surface area contributed by atoms with Gasteiger partial charge in [0.1, 0.15) is 22.3 Å². The number of sulfonamides is 1. The lowest BCUT2D eigenvalue weighted by Crippen LogP contribution is -2.31. The summed E-state index contributed by atoms with van der Waals surface area (Å²) in [7, 11) is -3.87. The third kappa shape index (κ3) is 5.77. The molecule has 0 aliphatic heterocycles. The van der Waals surface area contributed by atoms with Crippen molar-refractivity contribution >= 4 is 44.2 Å². The van der Waals surface area contributed by atoms with Gasteiger partial charge >= 0.3 is 0 Å². The van der Waals surface area contributed by atoms with Gasteiger partial charge in [-0.2, -0.15) is 5.26 Å². The van der Waals surface area contributed by atoms with E-state index in [1.807, 2.05) is 10.8 Å². The van der Waals surface area contributed by atoms with Gasteiger partial charge in [0.2, 0.25) is 10.0 Å². The number of fused-ring (bicyclic) bond motifs is 1. The Labute approximate surface area is 228 Å². The van der Waals surface area contributed by atoms with Crippen molar-refractivity contribution in [2.24, 2.45) is 0 Å². The van der Waals surface area contributed by atoms with Gasteiger partial charge in [-0.05, 0) is 62.7 Å². The van der Waals surface area contributed by atoms with Crippen LogP contribution in [-0.2, 0) is 10.0 Å². The van der Waals surface area contributed by atoms with Crippen molar-refractivity contribution < 1.29 is 22.0 Å². The zero-order chi connectivity index (χ0) is 28.6. The molecule has 39 heavy (non-hydrogen) atoms. The number of aromatic nitrogens is 1. The molecule has 1 amide bonds. The van der Waals surface area contributed by atoms with Gasteiger partial charge in [-0.25, -0.2) is 22.5 Å². The van der Waals surface area contributed by atoms with Crippen LogP contribution >= 0.6 is 11.6 Å². The molecule has 0 spiro atoms. The third-order valence-corrected chi connectivity index (χ3v) is 6.70. The second-order valence-corrected chi connectivity index (χ2v) is 11.2. The van der Waals surface area contributed by atoms with Crippen LogP contribution in [0.2, 0.25) is 5.15 Å². The molecule has 0 saturated heterocycles. The molecular weight excluding hydrogens is 547 g/mol. The lowest BCUT2D eigenvalue weighted by molar-refractivity contribution is 0.0977. The number of anilines is 1. The smallest absolute Gasteiger partial charge is 0.285 e. The quantitative estimate of drug-likeness (QED) is 0.309. The summed E-state index contributed by atoms with van der Waals surface area (Å²) in [5.41, 5.74) is 1.52. The fourth-order valence-corrected chi connectivity index (χ4v) is 4.78. The number of rotatable bonds is 6.